The second kappa shape index (κ2) is 5.31. The van der Waals surface area contributed by atoms with E-state index in [0.29, 0.717) is 17.9 Å². The van der Waals surface area contributed by atoms with Crippen LogP contribution in [0.15, 0.2) is 18.2 Å². The Balaban J connectivity index is 2.20. The monoisotopic (exact) mass is 247 g/mol. The van der Waals surface area contributed by atoms with E-state index >= 15 is 0 Å². The zero-order valence-corrected chi connectivity index (χ0v) is 10.7. The molecule has 1 fully saturated rings. The lowest BCUT2D eigenvalue weighted by atomic mass is 10.0. The molecule has 0 aliphatic carbocycles. The summed E-state index contributed by atoms with van der Waals surface area (Å²) >= 11 is 0. The van der Waals surface area contributed by atoms with E-state index in [1.165, 1.54) is 6.92 Å². The number of carbonyl (C=O) groups is 2. The first-order valence-corrected chi connectivity index (χ1v) is 6.12. The fourth-order valence-electron chi connectivity index (χ4n) is 2.24. The number of Topliss-reactive ketones (excluding diaryl/α,β-unsaturated/α-hetero) is 1. The van der Waals surface area contributed by atoms with Crippen molar-refractivity contribution in [2.45, 2.75) is 32.8 Å². The summed E-state index contributed by atoms with van der Waals surface area (Å²) in [5.41, 5.74) is 2.01. The smallest absolute Gasteiger partial charge is 0.253 e. The molecule has 1 aromatic carbocycles. The average molecular weight is 247 g/mol. The predicted octanol–water partition coefficient (Wildman–Crippen LogP) is 2.32. The molecular weight excluding hydrogens is 230 g/mol. The molecule has 0 radical (unpaired) electrons. The van der Waals surface area contributed by atoms with E-state index in [1.807, 2.05) is 19.1 Å². The highest BCUT2D eigenvalue weighted by molar-refractivity contribution is 6.05. The molecule has 0 spiro atoms. The van der Waals surface area contributed by atoms with Crippen molar-refractivity contribution in [2.75, 3.05) is 11.9 Å². The number of carbonyl (C=O) groups excluding carboxylic acids is 2. The molecule has 1 aromatic rings. The Morgan fingerprint density at radius 3 is 2.78 bits per heavy atom. The minimum absolute atomic E-state index is 0.0456. The Morgan fingerprint density at radius 2 is 2.17 bits per heavy atom. The molecule has 96 valence electrons. The zero-order valence-electron chi connectivity index (χ0n) is 10.7. The van der Waals surface area contributed by atoms with Crippen LogP contribution in [0.5, 0.6) is 0 Å². The van der Waals surface area contributed by atoms with Gasteiger partial charge in [-0.05, 0) is 38.3 Å². The third-order valence-corrected chi connectivity index (χ3v) is 3.10. The van der Waals surface area contributed by atoms with Crippen molar-refractivity contribution in [2.24, 2.45) is 0 Å². The number of ether oxygens (including phenoxy) is 1. The maximum Gasteiger partial charge on any atom is 0.253 e. The van der Waals surface area contributed by atoms with Gasteiger partial charge in [0.2, 0.25) is 0 Å². The molecule has 1 N–H and O–H groups in total. The molecule has 1 amide bonds. The number of anilines is 1. The largest absolute Gasteiger partial charge is 0.368 e. The molecule has 1 aliphatic rings. The quantitative estimate of drug-likeness (QED) is 0.834. The minimum Gasteiger partial charge on any atom is -0.368 e. The van der Waals surface area contributed by atoms with Crippen LogP contribution in [0, 0.1) is 6.92 Å². The fraction of sp³-hybridized carbons (Fsp3) is 0.429. The Hall–Kier alpha value is -1.68. The van der Waals surface area contributed by atoms with Crippen LogP contribution in [0.3, 0.4) is 0 Å². The summed E-state index contributed by atoms with van der Waals surface area (Å²) < 4.78 is 5.32. The molecule has 1 atom stereocenters. The Labute approximate surface area is 106 Å². The van der Waals surface area contributed by atoms with Gasteiger partial charge in [0.15, 0.2) is 5.78 Å². The van der Waals surface area contributed by atoms with E-state index in [1.54, 1.807) is 6.07 Å². The van der Waals surface area contributed by atoms with Crippen LogP contribution in [0.25, 0.3) is 0 Å². The lowest BCUT2D eigenvalue weighted by molar-refractivity contribution is -0.124. The summed E-state index contributed by atoms with van der Waals surface area (Å²) in [6.45, 7) is 3.99. The second-order valence-corrected chi connectivity index (χ2v) is 4.54. The van der Waals surface area contributed by atoms with Gasteiger partial charge in [-0.1, -0.05) is 12.1 Å². The van der Waals surface area contributed by atoms with Crippen LogP contribution in [0.1, 0.15) is 35.7 Å². The molecule has 4 heteroatoms. The van der Waals surface area contributed by atoms with Crippen LogP contribution in [-0.4, -0.2) is 24.4 Å². The van der Waals surface area contributed by atoms with Gasteiger partial charge >= 0.3 is 0 Å². The SMILES string of the molecule is CC(=O)c1c(C)cccc1NC(=O)[C@@H]1CCCO1. The van der Waals surface area contributed by atoms with E-state index in [4.69, 9.17) is 4.74 Å². The first-order valence-electron chi connectivity index (χ1n) is 6.12. The van der Waals surface area contributed by atoms with Gasteiger partial charge in [-0.25, -0.2) is 0 Å². The summed E-state index contributed by atoms with van der Waals surface area (Å²) in [6.07, 6.45) is 1.27. The molecule has 1 heterocycles. The molecule has 0 saturated carbocycles. The van der Waals surface area contributed by atoms with Gasteiger partial charge in [-0.3, -0.25) is 9.59 Å². The summed E-state index contributed by atoms with van der Waals surface area (Å²) in [5.74, 6) is -0.212. The predicted molar refractivity (Wildman–Crippen MR) is 68.8 cm³/mol. The number of amides is 1. The van der Waals surface area contributed by atoms with E-state index in [0.717, 1.165) is 18.4 Å². The van der Waals surface area contributed by atoms with Crippen LogP contribution in [0.4, 0.5) is 5.69 Å². The van der Waals surface area contributed by atoms with Crippen molar-refractivity contribution >= 4 is 17.4 Å². The minimum atomic E-state index is -0.384. The number of nitrogens with one attached hydrogen (secondary N) is 1. The summed E-state index contributed by atoms with van der Waals surface area (Å²) in [5, 5.41) is 2.79. The molecule has 0 bridgehead atoms. The Kier molecular flexibility index (Phi) is 3.77. The summed E-state index contributed by atoms with van der Waals surface area (Å²) in [6, 6.07) is 5.43. The number of hydrogen-bond acceptors (Lipinski definition) is 3. The first kappa shape index (κ1) is 12.8. The summed E-state index contributed by atoms with van der Waals surface area (Å²) in [7, 11) is 0. The standard InChI is InChI=1S/C14H17NO3/c1-9-5-3-6-11(13(9)10(2)16)15-14(17)12-7-4-8-18-12/h3,5-6,12H,4,7-8H2,1-2H3,(H,15,17)/t12-/m0/s1. The maximum atomic E-state index is 12.0. The van der Waals surface area contributed by atoms with Crippen LogP contribution in [-0.2, 0) is 9.53 Å². The Morgan fingerprint density at radius 1 is 1.39 bits per heavy atom. The lowest BCUT2D eigenvalue weighted by Crippen LogP contribution is -2.27. The van der Waals surface area contributed by atoms with Crippen molar-refractivity contribution in [3.05, 3.63) is 29.3 Å². The molecule has 1 aliphatic heterocycles. The number of aryl methyl sites for hydroxylation is 1. The van der Waals surface area contributed by atoms with E-state index in [-0.39, 0.29) is 17.8 Å². The van der Waals surface area contributed by atoms with E-state index in [2.05, 4.69) is 5.32 Å². The Bertz CT molecular complexity index is 476. The van der Waals surface area contributed by atoms with Crippen molar-refractivity contribution in [3.8, 4) is 0 Å². The van der Waals surface area contributed by atoms with Crippen LogP contribution >= 0.6 is 0 Å². The van der Waals surface area contributed by atoms with Crippen molar-refractivity contribution < 1.29 is 14.3 Å². The molecule has 4 nitrogen and oxygen atoms in total. The first-order chi connectivity index (χ1) is 8.59. The van der Waals surface area contributed by atoms with E-state index < -0.39 is 0 Å². The normalized spacial score (nSPS) is 18.7. The molecule has 18 heavy (non-hydrogen) atoms. The topological polar surface area (TPSA) is 55.4 Å². The zero-order chi connectivity index (χ0) is 13.1. The molecule has 0 unspecified atom stereocenters. The van der Waals surface area contributed by atoms with Gasteiger partial charge in [-0.2, -0.15) is 0 Å². The maximum absolute atomic E-state index is 12.0. The van der Waals surface area contributed by atoms with Gasteiger partial charge in [0.05, 0.1) is 5.69 Å². The second-order valence-electron chi connectivity index (χ2n) is 4.54. The highest BCUT2D eigenvalue weighted by atomic mass is 16.5. The number of rotatable bonds is 3. The third kappa shape index (κ3) is 2.59. The van der Waals surface area contributed by atoms with E-state index in [9.17, 15) is 9.59 Å². The van der Waals surface area contributed by atoms with Crippen molar-refractivity contribution in [1.82, 2.24) is 0 Å². The van der Waals surface area contributed by atoms with Crippen LogP contribution in [0.2, 0.25) is 0 Å². The van der Waals surface area contributed by atoms with Gasteiger partial charge in [0.25, 0.3) is 5.91 Å². The van der Waals surface area contributed by atoms with Gasteiger partial charge in [0.1, 0.15) is 6.10 Å². The molecule has 1 saturated heterocycles. The molecular formula is C14H17NO3. The summed E-state index contributed by atoms with van der Waals surface area (Å²) in [4.78, 5) is 23.6. The van der Waals surface area contributed by atoms with Crippen molar-refractivity contribution in [1.29, 1.82) is 0 Å². The highest BCUT2D eigenvalue weighted by Crippen LogP contribution is 2.22. The van der Waals surface area contributed by atoms with Gasteiger partial charge in [-0.15, -0.1) is 0 Å². The van der Waals surface area contributed by atoms with Gasteiger partial charge < -0.3 is 10.1 Å². The lowest BCUT2D eigenvalue weighted by Gasteiger charge is -2.14. The average Bonchev–Trinajstić information content (AvgIpc) is 2.81. The number of ketones is 1. The third-order valence-electron chi connectivity index (χ3n) is 3.10. The van der Waals surface area contributed by atoms with Crippen molar-refractivity contribution in [3.63, 3.8) is 0 Å². The number of benzene rings is 1. The van der Waals surface area contributed by atoms with Gasteiger partial charge in [0, 0.05) is 12.2 Å². The molecule has 0 aromatic heterocycles. The number of hydrogen-bond donors (Lipinski definition) is 1. The molecule has 2 rings (SSSR count). The fourth-order valence-corrected chi connectivity index (χ4v) is 2.24. The highest BCUT2D eigenvalue weighted by Gasteiger charge is 2.24. The van der Waals surface area contributed by atoms with Crippen LogP contribution < -0.4 is 5.32 Å².